The van der Waals surface area contributed by atoms with E-state index in [4.69, 9.17) is 5.73 Å². The van der Waals surface area contributed by atoms with Crippen molar-refractivity contribution in [3.63, 3.8) is 0 Å². The Labute approximate surface area is 175 Å². The van der Waals surface area contributed by atoms with E-state index in [-0.39, 0.29) is 18.0 Å². The normalized spacial score (nSPS) is 19.7. The number of benzene rings is 1. The van der Waals surface area contributed by atoms with E-state index in [0.29, 0.717) is 33.5 Å². The minimum absolute atomic E-state index is 0.0428. The summed E-state index contributed by atoms with van der Waals surface area (Å²) in [4.78, 5) is 42.2. The molecule has 0 unspecified atom stereocenters. The third-order valence-electron chi connectivity index (χ3n) is 6.70. The second-order valence-electron chi connectivity index (χ2n) is 8.67. The van der Waals surface area contributed by atoms with Crippen molar-refractivity contribution >= 4 is 22.8 Å². The lowest BCUT2D eigenvalue weighted by atomic mass is 9.94. The summed E-state index contributed by atoms with van der Waals surface area (Å²) in [5.74, 6) is -0.250. The maximum Gasteiger partial charge on any atom is 0.323 e. The van der Waals surface area contributed by atoms with Gasteiger partial charge in [-0.3, -0.25) is 9.28 Å². The summed E-state index contributed by atoms with van der Waals surface area (Å²) in [5, 5.41) is 3.41. The molecule has 2 amide bonds. The molecule has 2 aliphatic heterocycles. The van der Waals surface area contributed by atoms with E-state index >= 15 is 0 Å². The quantitative estimate of drug-likeness (QED) is 0.526. The van der Waals surface area contributed by atoms with Crippen molar-refractivity contribution in [3.8, 4) is 0 Å². The number of H-pyrrole nitrogens is 2. The predicted octanol–water partition coefficient (Wildman–Crippen LogP) is 0.910. The maximum absolute atomic E-state index is 13.5. The number of carbonyl (C=O) groups excluding carboxylic acids is 2. The lowest BCUT2D eigenvalue weighted by Crippen LogP contribution is -2.63. The van der Waals surface area contributed by atoms with Crippen LogP contribution < -0.4 is 16.7 Å². The van der Waals surface area contributed by atoms with Crippen LogP contribution in [0.4, 0.5) is 0 Å². The van der Waals surface area contributed by atoms with Gasteiger partial charge in [0.2, 0.25) is 5.91 Å². The number of hydrogen-bond donors (Lipinski definition) is 4. The topological polar surface area (TPSA) is 121 Å². The zero-order valence-corrected chi connectivity index (χ0v) is 17.3. The Hall–Kier alpha value is -2.45. The standard InChI is InChI=1S/C22H30N5O3/c23-19(28)14-16-12-15(13-18-21(16)26-22(30)25-18)4-5-20(29)27(10-2-1-3-11-27)17-6-8-24-9-7-17/h5,12-13,17,24H,1-4,6-11,14H2,(H3-,23,25,26,28,30)/p+1. The Morgan fingerprint density at radius 1 is 1.10 bits per heavy atom. The minimum atomic E-state index is -0.459. The fourth-order valence-electron chi connectivity index (χ4n) is 5.26. The molecule has 0 bridgehead atoms. The van der Waals surface area contributed by atoms with E-state index in [9.17, 15) is 14.4 Å². The number of fused-ring (bicyclic) bond motifs is 1. The molecule has 5 N–H and O–H groups in total. The number of aromatic nitrogens is 2. The molecule has 2 aromatic rings. The highest BCUT2D eigenvalue weighted by Gasteiger charge is 2.44. The zero-order chi connectivity index (χ0) is 21.1. The van der Waals surface area contributed by atoms with E-state index in [1.807, 2.05) is 18.6 Å². The summed E-state index contributed by atoms with van der Waals surface area (Å²) < 4.78 is 0.582. The number of carbonyl (C=O) groups is 2. The molecule has 0 aliphatic carbocycles. The van der Waals surface area contributed by atoms with Gasteiger partial charge >= 0.3 is 11.6 Å². The second kappa shape index (κ2) is 8.73. The number of primary amides is 1. The summed E-state index contributed by atoms with van der Waals surface area (Å²) in [6.07, 6.45) is 7.81. The Kier molecular flexibility index (Phi) is 6.06. The van der Waals surface area contributed by atoms with Gasteiger partial charge in [-0.05, 0) is 42.9 Å². The zero-order valence-electron chi connectivity index (χ0n) is 17.3. The number of piperidine rings is 2. The molecule has 2 fully saturated rings. The van der Waals surface area contributed by atoms with Crippen LogP contribution in [0.15, 0.2) is 16.9 Å². The molecule has 8 heteroatoms. The first kappa shape index (κ1) is 20.8. The molecule has 3 heterocycles. The van der Waals surface area contributed by atoms with Crippen molar-refractivity contribution in [3.05, 3.63) is 40.2 Å². The SMILES string of the molecule is NC(=O)Cc1cc(C[CH]C(=O)[N+]2(C3CCNCC3)CCCCC2)cc2[nH]c(=O)[nH]c12. The van der Waals surface area contributed by atoms with Gasteiger partial charge in [-0.2, -0.15) is 0 Å². The van der Waals surface area contributed by atoms with Crippen LogP contribution in [-0.4, -0.2) is 58.5 Å². The monoisotopic (exact) mass is 413 g/mol. The number of amides is 2. The number of nitrogens with one attached hydrogen (secondary N) is 3. The van der Waals surface area contributed by atoms with Crippen LogP contribution >= 0.6 is 0 Å². The van der Waals surface area contributed by atoms with Crippen molar-refractivity contribution in [1.29, 1.82) is 0 Å². The smallest absolute Gasteiger partial charge is 0.323 e. The van der Waals surface area contributed by atoms with Gasteiger partial charge in [0.1, 0.15) is 0 Å². The third-order valence-corrected chi connectivity index (χ3v) is 6.70. The summed E-state index contributed by atoms with van der Waals surface area (Å²) in [6.45, 7) is 3.81. The van der Waals surface area contributed by atoms with Gasteiger partial charge in [-0.15, -0.1) is 0 Å². The van der Waals surface area contributed by atoms with Gasteiger partial charge in [0.25, 0.3) is 0 Å². The maximum atomic E-state index is 13.5. The van der Waals surface area contributed by atoms with Gasteiger partial charge < -0.3 is 21.0 Å². The number of nitrogens with zero attached hydrogens (tertiary/aromatic N) is 1. The van der Waals surface area contributed by atoms with Crippen LogP contribution in [0.25, 0.3) is 11.0 Å². The van der Waals surface area contributed by atoms with Crippen LogP contribution in [0, 0.1) is 6.42 Å². The van der Waals surface area contributed by atoms with Gasteiger partial charge in [-0.25, -0.2) is 9.59 Å². The van der Waals surface area contributed by atoms with E-state index in [1.54, 1.807) is 0 Å². The lowest BCUT2D eigenvalue weighted by molar-refractivity contribution is -0.884. The molecule has 2 aliphatic rings. The highest BCUT2D eigenvalue weighted by atomic mass is 16.2. The first-order valence-corrected chi connectivity index (χ1v) is 11.0. The van der Waals surface area contributed by atoms with Crippen molar-refractivity contribution < 1.29 is 14.1 Å². The van der Waals surface area contributed by atoms with Crippen LogP contribution in [0.2, 0.25) is 0 Å². The van der Waals surface area contributed by atoms with E-state index in [1.165, 1.54) is 6.42 Å². The van der Waals surface area contributed by atoms with Crippen molar-refractivity contribution in [2.45, 2.75) is 51.0 Å². The second-order valence-corrected chi connectivity index (χ2v) is 8.67. The fourth-order valence-corrected chi connectivity index (χ4v) is 5.26. The average molecular weight is 414 g/mol. The van der Waals surface area contributed by atoms with Crippen LogP contribution in [0.1, 0.15) is 43.2 Å². The number of nitrogens with two attached hydrogens (primary N) is 1. The van der Waals surface area contributed by atoms with Crippen LogP contribution in [-0.2, 0) is 22.4 Å². The van der Waals surface area contributed by atoms with Crippen LogP contribution in [0.5, 0.6) is 0 Å². The van der Waals surface area contributed by atoms with Crippen molar-refractivity contribution in [2.75, 3.05) is 26.2 Å². The Morgan fingerprint density at radius 3 is 2.53 bits per heavy atom. The number of imidazole rings is 1. The summed E-state index contributed by atoms with van der Waals surface area (Å²) in [5.41, 5.74) is 7.86. The molecule has 1 aromatic carbocycles. The molecule has 1 radical (unpaired) electrons. The molecule has 0 atom stereocenters. The third kappa shape index (κ3) is 4.20. The number of rotatable bonds is 6. The molecule has 8 nitrogen and oxygen atoms in total. The molecular formula is C22H31N5O3+. The summed E-state index contributed by atoms with van der Waals surface area (Å²) >= 11 is 0. The summed E-state index contributed by atoms with van der Waals surface area (Å²) in [7, 11) is 0. The van der Waals surface area contributed by atoms with Gasteiger partial charge in [0.05, 0.1) is 43.0 Å². The number of aromatic amines is 2. The first-order chi connectivity index (χ1) is 14.5. The average Bonchev–Trinajstić information content (AvgIpc) is 3.13. The number of hydrogen-bond acceptors (Lipinski definition) is 4. The Bertz CT molecular complexity index is 980. The predicted molar refractivity (Wildman–Crippen MR) is 115 cm³/mol. The molecule has 30 heavy (non-hydrogen) atoms. The molecule has 2 saturated heterocycles. The summed E-state index contributed by atoms with van der Waals surface area (Å²) in [6, 6.07) is 4.13. The van der Waals surface area contributed by atoms with Crippen LogP contribution in [0.3, 0.4) is 0 Å². The molecule has 0 saturated carbocycles. The first-order valence-electron chi connectivity index (χ1n) is 11.0. The van der Waals surface area contributed by atoms with E-state index in [0.717, 1.165) is 57.4 Å². The Morgan fingerprint density at radius 2 is 1.83 bits per heavy atom. The molecule has 0 spiro atoms. The van der Waals surface area contributed by atoms with Gasteiger partial charge in [-0.1, -0.05) is 6.07 Å². The highest BCUT2D eigenvalue weighted by Crippen LogP contribution is 2.30. The van der Waals surface area contributed by atoms with Gasteiger partial charge in [0.15, 0.2) is 0 Å². The molecule has 161 valence electrons. The molecule has 1 aromatic heterocycles. The highest BCUT2D eigenvalue weighted by molar-refractivity contribution is 5.86. The molecule has 4 rings (SSSR count). The van der Waals surface area contributed by atoms with Gasteiger partial charge in [0, 0.05) is 25.9 Å². The number of likely N-dealkylation sites (tertiary alicyclic amines) is 1. The van der Waals surface area contributed by atoms with Crippen molar-refractivity contribution in [2.24, 2.45) is 5.73 Å². The van der Waals surface area contributed by atoms with E-state index < -0.39 is 5.91 Å². The van der Waals surface area contributed by atoms with Crippen molar-refractivity contribution in [1.82, 2.24) is 15.3 Å². The Balaban J connectivity index is 1.55. The van der Waals surface area contributed by atoms with E-state index in [2.05, 4.69) is 15.3 Å². The molecular weight excluding hydrogens is 382 g/mol. The lowest BCUT2D eigenvalue weighted by Gasteiger charge is -2.46. The minimum Gasteiger partial charge on any atom is -0.369 e. The fraction of sp³-hybridized carbons (Fsp3) is 0.545. The largest absolute Gasteiger partial charge is 0.369 e. The number of quaternary nitrogens is 1.